The molecule has 3 aromatic rings. The Hall–Kier alpha value is -4.01. The number of ketones is 1. The molecule has 0 spiro atoms. The van der Waals surface area contributed by atoms with Crippen molar-refractivity contribution < 1.29 is 22.8 Å². The van der Waals surface area contributed by atoms with Crippen LogP contribution < -0.4 is 26.8 Å². The Kier molecular flexibility index (Phi) is 7.14. The molecule has 202 valence electrons. The minimum atomic E-state index is -4.57. The third kappa shape index (κ3) is 4.92. The van der Waals surface area contributed by atoms with Gasteiger partial charge in [0.25, 0.3) is 5.56 Å². The highest BCUT2D eigenvalue weighted by Gasteiger charge is 2.35. The van der Waals surface area contributed by atoms with Crippen molar-refractivity contribution in [2.75, 3.05) is 22.2 Å². The smallest absolute Gasteiger partial charge is 0.352 e. The van der Waals surface area contributed by atoms with Gasteiger partial charge in [-0.05, 0) is 19.9 Å². The summed E-state index contributed by atoms with van der Waals surface area (Å²) in [4.78, 5) is 60.3. The lowest BCUT2D eigenvalue weighted by Gasteiger charge is -2.24. The van der Waals surface area contributed by atoms with Crippen LogP contribution in [0.2, 0.25) is 0 Å². The summed E-state index contributed by atoms with van der Waals surface area (Å²) in [6.07, 6.45) is -3.13. The highest BCUT2D eigenvalue weighted by Crippen LogP contribution is 2.35. The molecular formula is C23H24F3N7O4S. The number of aromatic nitrogens is 4. The molecule has 4 rings (SSSR count). The summed E-state index contributed by atoms with van der Waals surface area (Å²) in [5.41, 5.74) is -2.15. The summed E-state index contributed by atoms with van der Waals surface area (Å²) in [6, 6.07) is 0.0492. The first-order chi connectivity index (χ1) is 17.8. The van der Waals surface area contributed by atoms with Crippen molar-refractivity contribution in [3.8, 4) is 10.6 Å². The van der Waals surface area contributed by atoms with E-state index in [1.54, 1.807) is 13.8 Å². The quantitative estimate of drug-likeness (QED) is 0.458. The Morgan fingerprint density at radius 3 is 2.66 bits per heavy atom. The molecule has 0 bridgehead atoms. The maximum Gasteiger partial charge on any atom is 0.418 e. The molecule has 0 radical (unpaired) electrons. The Morgan fingerprint density at radius 1 is 1.29 bits per heavy atom. The van der Waals surface area contributed by atoms with Gasteiger partial charge in [0.1, 0.15) is 28.4 Å². The average molecular weight is 552 g/mol. The normalized spacial score (nSPS) is 13.7. The lowest BCUT2D eigenvalue weighted by Crippen LogP contribution is -2.46. The largest absolute Gasteiger partial charge is 0.418 e. The van der Waals surface area contributed by atoms with Crippen LogP contribution in [-0.2, 0) is 29.4 Å². The molecule has 0 aromatic carbocycles. The van der Waals surface area contributed by atoms with Gasteiger partial charge in [-0.1, -0.05) is 6.92 Å². The first kappa shape index (κ1) is 27.0. The number of hydrogen-bond acceptors (Lipinski definition) is 9. The Labute approximate surface area is 217 Å². The maximum atomic E-state index is 13.3. The van der Waals surface area contributed by atoms with Crippen LogP contribution in [0.15, 0.2) is 27.2 Å². The minimum absolute atomic E-state index is 0.0513. The van der Waals surface area contributed by atoms with E-state index in [9.17, 15) is 32.3 Å². The van der Waals surface area contributed by atoms with E-state index in [1.165, 1.54) is 35.0 Å². The number of carbonyl (C=O) groups excluding carboxylic acids is 2. The molecule has 3 aromatic heterocycles. The summed E-state index contributed by atoms with van der Waals surface area (Å²) in [5.74, 6) is -0.491. The standard InChI is InChI=1S/C23H24F3N7O4S/c1-5-14(34)8-32-21(36)17-18(31(4)22(32)37)28-10-33(17)12(3)19(35)29-16-9-38-20(30-16)13-6-15(23(24,25)26)11(2)27-7-13/h6-7,9,12,28H,5,8,10H2,1-4H3,(H,29,35)/t12-/m0/s1. The molecule has 0 saturated heterocycles. The number of thiazole rings is 1. The summed E-state index contributed by atoms with van der Waals surface area (Å²) in [7, 11) is 1.45. The number of fused-ring (bicyclic) bond motifs is 1. The molecule has 0 saturated carbocycles. The van der Waals surface area contributed by atoms with Crippen molar-refractivity contribution in [2.45, 2.75) is 46.0 Å². The molecule has 38 heavy (non-hydrogen) atoms. The molecule has 11 nitrogen and oxygen atoms in total. The number of Topliss-reactive ketones (excluding diaryl/α,β-unsaturated/α-hetero) is 1. The second-order valence-electron chi connectivity index (χ2n) is 8.68. The lowest BCUT2D eigenvalue weighted by atomic mass is 10.1. The highest BCUT2D eigenvalue weighted by molar-refractivity contribution is 7.13. The van der Waals surface area contributed by atoms with Crippen molar-refractivity contribution in [3.63, 3.8) is 0 Å². The van der Waals surface area contributed by atoms with Crippen molar-refractivity contribution in [1.29, 1.82) is 0 Å². The van der Waals surface area contributed by atoms with Gasteiger partial charge in [-0.25, -0.2) is 9.78 Å². The summed E-state index contributed by atoms with van der Waals surface area (Å²) >= 11 is 1.04. The van der Waals surface area contributed by atoms with Gasteiger partial charge in [0, 0.05) is 36.3 Å². The molecule has 15 heteroatoms. The monoisotopic (exact) mass is 551 g/mol. The summed E-state index contributed by atoms with van der Waals surface area (Å²) in [5, 5.41) is 7.27. The zero-order valence-corrected chi connectivity index (χ0v) is 21.7. The van der Waals surface area contributed by atoms with Gasteiger partial charge in [-0.3, -0.25) is 28.5 Å². The van der Waals surface area contributed by atoms with E-state index >= 15 is 0 Å². The fourth-order valence-corrected chi connectivity index (χ4v) is 4.72. The van der Waals surface area contributed by atoms with Crippen LogP contribution in [0.1, 0.15) is 31.5 Å². The van der Waals surface area contributed by atoms with E-state index in [0.717, 1.165) is 22.0 Å². The first-order valence-electron chi connectivity index (χ1n) is 11.5. The third-order valence-corrected chi connectivity index (χ3v) is 7.09. The Balaban J connectivity index is 1.57. The predicted octanol–water partition coefficient (Wildman–Crippen LogP) is 2.59. The van der Waals surface area contributed by atoms with Crippen LogP contribution >= 0.6 is 11.3 Å². The van der Waals surface area contributed by atoms with Gasteiger partial charge in [0.05, 0.1) is 18.8 Å². The number of alkyl halides is 3. The number of carbonyl (C=O) groups is 2. The van der Waals surface area contributed by atoms with Crippen LogP contribution in [0.3, 0.4) is 0 Å². The van der Waals surface area contributed by atoms with Crippen LogP contribution in [-0.4, -0.2) is 43.5 Å². The van der Waals surface area contributed by atoms with Crippen molar-refractivity contribution in [3.05, 3.63) is 49.7 Å². The number of rotatable bonds is 7. The fraction of sp³-hybridized carbons (Fsp3) is 0.391. The molecule has 1 amide bonds. The molecule has 0 unspecified atom stereocenters. The fourth-order valence-electron chi connectivity index (χ4n) is 3.98. The second-order valence-corrected chi connectivity index (χ2v) is 9.54. The molecular weight excluding hydrogens is 527 g/mol. The predicted molar refractivity (Wildman–Crippen MR) is 135 cm³/mol. The maximum absolute atomic E-state index is 13.3. The van der Waals surface area contributed by atoms with Gasteiger partial charge < -0.3 is 15.5 Å². The number of amides is 1. The zero-order valence-electron chi connectivity index (χ0n) is 20.8. The zero-order chi connectivity index (χ0) is 27.9. The Morgan fingerprint density at radius 2 is 2.00 bits per heavy atom. The lowest BCUT2D eigenvalue weighted by molar-refractivity contribution is -0.138. The number of aryl methyl sites for hydroxylation is 1. The van der Waals surface area contributed by atoms with E-state index < -0.39 is 34.9 Å². The van der Waals surface area contributed by atoms with Crippen molar-refractivity contribution in [2.24, 2.45) is 7.05 Å². The number of nitrogens with one attached hydrogen (secondary N) is 2. The number of hydrogen-bond donors (Lipinski definition) is 2. The van der Waals surface area contributed by atoms with E-state index in [2.05, 4.69) is 20.6 Å². The SMILES string of the molecule is CCC(=O)Cn1c(=O)c2c(n(C)c1=O)NCN2[C@@H](C)C(=O)Nc1csc(-c2cnc(C)c(C(F)(F)F)c2)n1. The molecule has 4 heterocycles. The van der Waals surface area contributed by atoms with Gasteiger partial charge in [0.15, 0.2) is 5.78 Å². The number of anilines is 3. The number of nitrogens with zero attached hydrogens (tertiary/aromatic N) is 5. The van der Waals surface area contributed by atoms with Crippen LogP contribution in [0.25, 0.3) is 10.6 Å². The highest BCUT2D eigenvalue weighted by atomic mass is 32.1. The molecule has 1 aliphatic heterocycles. The van der Waals surface area contributed by atoms with E-state index in [1.807, 2.05) is 0 Å². The van der Waals surface area contributed by atoms with E-state index in [4.69, 9.17) is 0 Å². The average Bonchev–Trinajstić information content (AvgIpc) is 3.52. The van der Waals surface area contributed by atoms with Crippen molar-refractivity contribution in [1.82, 2.24) is 19.1 Å². The number of pyridine rings is 1. The van der Waals surface area contributed by atoms with Crippen molar-refractivity contribution >= 4 is 40.4 Å². The minimum Gasteiger partial charge on any atom is -0.352 e. The van der Waals surface area contributed by atoms with Crippen LogP contribution in [0, 0.1) is 6.92 Å². The first-order valence-corrected chi connectivity index (χ1v) is 12.4. The van der Waals surface area contributed by atoms with Gasteiger partial charge >= 0.3 is 11.9 Å². The molecule has 2 N–H and O–H groups in total. The topological polar surface area (TPSA) is 131 Å². The van der Waals surface area contributed by atoms with E-state index in [-0.39, 0.29) is 59.0 Å². The second kappa shape index (κ2) is 10.0. The summed E-state index contributed by atoms with van der Waals surface area (Å²) < 4.78 is 41.8. The molecule has 1 atom stereocenters. The summed E-state index contributed by atoms with van der Waals surface area (Å²) in [6.45, 7) is 4.11. The Bertz CT molecular complexity index is 1540. The molecule has 1 aliphatic rings. The number of halogens is 3. The van der Waals surface area contributed by atoms with E-state index in [0.29, 0.717) is 0 Å². The van der Waals surface area contributed by atoms with Crippen LogP contribution in [0.4, 0.5) is 30.5 Å². The van der Waals surface area contributed by atoms with Gasteiger partial charge in [-0.2, -0.15) is 13.2 Å². The van der Waals surface area contributed by atoms with Gasteiger partial charge in [-0.15, -0.1) is 11.3 Å². The molecule has 0 aliphatic carbocycles. The van der Waals surface area contributed by atoms with Crippen LogP contribution in [0.5, 0.6) is 0 Å². The van der Waals surface area contributed by atoms with Gasteiger partial charge in [0.2, 0.25) is 5.91 Å². The molecule has 0 fully saturated rings. The third-order valence-electron chi connectivity index (χ3n) is 6.20.